The lowest BCUT2D eigenvalue weighted by Gasteiger charge is -2.17. The molecule has 0 saturated carbocycles. The van der Waals surface area contributed by atoms with Crippen molar-refractivity contribution in [2.45, 2.75) is 36.6 Å². The number of thioether (sulfide) groups is 1. The van der Waals surface area contributed by atoms with Crippen molar-refractivity contribution >= 4 is 46.0 Å². The number of hydrogen-bond acceptors (Lipinski definition) is 4. The van der Waals surface area contributed by atoms with Crippen molar-refractivity contribution in [3.63, 3.8) is 0 Å². The van der Waals surface area contributed by atoms with E-state index in [1.165, 1.54) is 11.8 Å². The van der Waals surface area contributed by atoms with E-state index in [-0.39, 0.29) is 5.56 Å². The monoisotopic (exact) mass is 467 g/mol. The van der Waals surface area contributed by atoms with Crippen LogP contribution in [0.1, 0.15) is 29.7 Å². The maximum atomic E-state index is 13.6. The molecule has 31 heavy (non-hydrogen) atoms. The molecule has 4 aromatic rings. The summed E-state index contributed by atoms with van der Waals surface area (Å²) >= 11 is 14.0. The zero-order valence-corrected chi connectivity index (χ0v) is 19.0. The summed E-state index contributed by atoms with van der Waals surface area (Å²) in [6, 6.07) is 17.0. The highest BCUT2D eigenvalue weighted by Crippen LogP contribution is 2.29. The van der Waals surface area contributed by atoms with Crippen LogP contribution >= 0.6 is 35.0 Å². The predicted octanol–water partition coefficient (Wildman–Crippen LogP) is 6.26. The zero-order valence-electron chi connectivity index (χ0n) is 16.6. The van der Waals surface area contributed by atoms with Gasteiger partial charge >= 0.3 is 0 Å². The number of fused-ring (bicyclic) bond motifs is 2. The average Bonchev–Trinajstić information content (AvgIpc) is 2.77. The van der Waals surface area contributed by atoms with Crippen LogP contribution in [0.5, 0.6) is 0 Å². The van der Waals surface area contributed by atoms with Gasteiger partial charge < -0.3 is 0 Å². The Morgan fingerprint density at radius 1 is 0.968 bits per heavy atom. The number of benzene rings is 2. The Morgan fingerprint density at radius 2 is 1.81 bits per heavy atom. The van der Waals surface area contributed by atoms with E-state index in [0.29, 0.717) is 37.7 Å². The van der Waals surface area contributed by atoms with Crippen LogP contribution in [0.3, 0.4) is 0 Å². The Morgan fingerprint density at radius 3 is 2.65 bits per heavy atom. The first-order chi connectivity index (χ1) is 15.1. The van der Waals surface area contributed by atoms with E-state index >= 15 is 0 Å². The molecule has 4 nitrogen and oxygen atoms in total. The molecule has 0 fully saturated rings. The third-order valence-electron chi connectivity index (χ3n) is 5.49. The molecule has 0 N–H and O–H groups in total. The number of rotatable bonds is 4. The van der Waals surface area contributed by atoms with Crippen molar-refractivity contribution in [3.8, 4) is 5.69 Å². The van der Waals surface area contributed by atoms with Crippen molar-refractivity contribution in [2.75, 3.05) is 0 Å². The third-order valence-corrected chi connectivity index (χ3v) is 7.08. The molecule has 0 bridgehead atoms. The SMILES string of the molecule is O=c1c2cc3c(nc2nc(SCc2ccccc2Cl)n1-c1cccc(Cl)c1)CCCC3. The molecule has 0 spiro atoms. The number of halogens is 2. The Kier molecular flexibility index (Phi) is 5.74. The average molecular weight is 468 g/mol. The molecule has 7 heteroatoms. The van der Waals surface area contributed by atoms with Crippen LogP contribution in [0.15, 0.2) is 64.5 Å². The molecule has 1 aliphatic carbocycles. The number of pyridine rings is 1. The minimum Gasteiger partial charge on any atom is -0.268 e. The van der Waals surface area contributed by atoms with Gasteiger partial charge in [0.2, 0.25) is 0 Å². The van der Waals surface area contributed by atoms with E-state index in [9.17, 15) is 4.79 Å². The second-order valence-corrected chi connectivity index (χ2v) is 9.35. The summed E-state index contributed by atoms with van der Waals surface area (Å²) in [6.45, 7) is 0. The van der Waals surface area contributed by atoms with Gasteiger partial charge in [0.05, 0.1) is 11.1 Å². The quantitative estimate of drug-likeness (QED) is 0.262. The van der Waals surface area contributed by atoms with Crippen molar-refractivity contribution in [1.29, 1.82) is 0 Å². The molecule has 2 aromatic carbocycles. The largest absolute Gasteiger partial charge is 0.268 e. The van der Waals surface area contributed by atoms with Crippen LogP contribution < -0.4 is 5.56 Å². The van der Waals surface area contributed by atoms with Crippen molar-refractivity contribution in [2.24, 2.45) is 0 Å². The van der Waals surface area contributed by atoms with Gasteiger partial charge in [-0.2, -0.15) is 0 Å². The first kappa shape index (κ1) is 20.6. The highest BCUT2D eigenvalue weighted by atomic mass is 35.5. The van der Waals surface area contributed by atoms with Crippen molar-refractivity contribution in [3.05, 3.63) is 91.8 Å². The fraction of sp³-hybridized carbons (Fsp3) is 0.208. The lowest BCUT2D eigenvalue weighted by atomic mass is 9.95. The molecule has 0 unspecified atom stereocenters. The molecule has 1 aliphatic rings. The summed E-state index contributed by atoms with van der Waals surface area (Å²) < 4.78 is 1.63. The zero-order chi connectivity index (χ0) is 21.4. The number of aromatic nitrogens is 3. The van der Waals surface area contributed by atoms with E-state index < -0.39 is 0 Å². The number of aryl methyl sites for hydroxylation is 2. The lowest BCUT2D eigenvalue weighted by molar-refractivity contribution is 0.669. The molecule has 0 atom stereocenters. The first-order valence-electron chi connectivity index (χ1n) is 10.2. The van der Waals surface area contributed by atoms with Gasteiger partial charge in [0.1, 0.15) is 0 Å². The third kappa shape index (κ3) is 4.10. The molecule has 2 heterocycles. The maximum Gasteiger partial charge on any atom is 0.268 e. The highest BCUT2D eigenvalue weighted by molar-refractivity contribution is 7.98. The molecule has 0 radical (unpaired) electrons. The predicted molar refractivity (Wildman–Crippen MR) is 128 cm³/mol. The van der Waals surface area contributed by atoms with Crippen LogP contribution in [0.2, 0.25) is 10.0 Å². The Hall–Kier alpha value is -2.34. The van der Waals surface area contributed by atoms with Gasteiger partial charge in [0.25, 0.3) is 5.56 Å². The van der Waals surface area contributed by atoms with E-state index in [0.717, 1.165) is 42.5 Å². The summed E-state index contributed by atoms with van der Waals surface area (Å²) in [5, 5.41) is 2.38. The summed E-state index contributed by atoms with van der Waals surface area (Å²) in [4.78, 5) is 23.2. The van der Waals surface area contributed by atoms with Gasteiger partial charge in [-0.1, -0.05) is 59.2 Å². The summed E-state index contributed by atoms with van der Waals surface area (Å²) in [6.07, 6.45) is 4.14. The second-order valence-electron chi connectivity index (χ2n) is 7.57. The Bertz CT molecular complexity index is 1350. The van der Waals surface area contributed by atoms with Crippen molar-refractivity contribution < 1.29 is 0 Å². The Balaban J connectivity index is 1.68. The molecular weight excluding hydrogens is 449 g/mol. The molecule has 0 amide bonds. The van der Waals surface area contributed by atoms with E-state index in [4.69, 9.17) is 33.2 Å². The van der Waals surface area contributed by atoms with Gasteiger partial charge in [0, 0.05) is 21.5 Å². The van der Waals surface area contributed by atoms with Crippen LogP contribution in [0, 0.1) is 0 Å². The fourth-order valence-electron chi connectivity index (χ4n) is 3.91. The lowest BCUT2D eigenvalue weighted by Crippen LogP contribution is -2.23. The number of hydrogen-bond donors (Lipinski definition) is 0. The van der Waals surface area contributed by atoms with Crippen molar-refractivity contribution in [1.82, 2.24) is 14.5 Å². The minimum atomic E-state index is -0.130. The molecule has 5 rings (SSSR count). The molecule has 156 valence electrons. The van der Waals surface area contributed by atoms with Crippen LogP contribution in [-0.4, -0.2) is 14.5 Å². The number of nitrogens with zero attached hydrogens (tertiary/aromatic N) is 3. The van der Waals surface area contributed by atoms with Gasteiger partial charge in [-0.25, -0.2) is 9.97 Å². The van der Waals surface area contributed by atoms with Crippen LogP contribution in [-0.2, 0) is 18.6 Å². The van der Waals surface area contributed by atoms with Gasteiger partial charge in [0.15, 0.2) is 10.8 Å². The van der Waals surface area contributed by atoms with Gasteiger partial charge in [-0.15, -0.1) is 0 Å². The van der Waals surface area contributed by atoms with Crippen LogP contribution in [0.4, 0.5) is 0 Å². The first-order valence-corrected chi connectivity index (χ1v) is 11.9. The highest BCUT2D eigenvalue weighted by Gasteiger charge is 2.19. The van der Waals surface area contributed by atoms with E-state index in [1.807, 2.05) is 42.5 Å². The minimum absolute atomic E-state index is 0.130. The fourth-order valence-corrected chi connectivity index (χ4v) is 5.38. The topological polar surface area (TPSA) is 47.8 Å². The second kappa shape index (κ2) is 8.65. The summed E-state index contributed by atoms with van der Waals surface area (Å²) in [7, 11) is 0. The van der Waals surface area contributed by atoms with Gasteiger partial charge in [-0.05, 0) is 67.1 Å². The molecular formula is C24H19Cl2N3OS. The Labute approximate surface area is 194 Å². The van der Waals surface area contributed by atoms with E-state index in [1.54, 1.807) is 16.7 Å². The molecule has 0 aliphatic heterocycles. The molecule has 2 aromatic heterocycles. The smallest absolute Gasteiger partial charge is 0.268 e. The maximum absolute atomic E-state index is 13.6. The molecule has 0 saturated heterocycles. The standard InChI is InChI=1S/C24H19Cl2N3OS/c25-17-8-5-9-18(13-17)29-23(30)19-12-15-6-2-4-11-21(15)27-22(19)28-24(29)31-14-16-7-1-3-10-20(16)26/h1,3,5,7-10,12-13H,2,4,6,11,14H2. The summed E-state index contributed by atoms with van der Waals surface area (Å²) in [5.74, 6) is 0.586. The van der Waals surface area contributed by atoms with E-state index in [2.05, 4.69) is 0 Å². The van der Waals surface area contributed by atoms with Crippen LogP contribution in [0.25, 0.3) is 16.7 Å². The normalized spacial score (nSPS) is 13.4. The van der Waals surface area contributed by atoms with Gasteiger partial charge in [-0.3, -0.25) is 9.36 Å². The summed E-state index contributed by atoms with van der Waals surface area (Å²) in [5.41, 5.74) is 4.27.